The number of amides is 2. The third-order valence-electron chi connectivity index (χ3n) is 7.64. The van der Waals surface area contributed by atoms with Crippen LogP contribution in [0.1, 0.15) is 30.9 Å². The van der Waals surface area contributed by atoms with Gasteiger partial charge in [0, 0.05) is 65.5 Å². The molecule has 1 aromatic heterocycles. The lowest BCUT2D eigenvalue weighted by atomic mass is 10.0. The highest BCUT2D eigenvalue weighted by atomic mass is 19.4. The molecular weight excluding hydrogens is 473 g/mol. The van der Waals surface area contributed by atoms with Crippen LogP contribution in [0.25, 0.3) is 0 Å². The van der Waals surface area contributed by atoms with E-state index in [1.54, 1.807) is 18.1 Å². The number of halogens is 3. The van der Waals surface area contributed by atoms with E-state index in [9.17, 15) is 22.8 Å². The molecule has 0 bridgehead atoms. The standard InChI is InChI=1S/C25H31F3N6O2/c1-17(35)30(2)23-10-29-34(16-23)24(36)33-14-19-12-31(13-20(19)15-33)11-18-7-21(25(26,27)28)9-22(8-18)32-5-3-4-6-32/h7-10,16,19-20H,3-6,11-15H2,1-2H3. The minimum absolute atomic E-state index is 0.147. The molecule has 36 heavy (non-hydrogen) atoms. The summed E-state index contributed by atoms with van der Waals surface area (Å²) >= 11 is 0. The Balaban J connectivity index is 1.22. The van der Waals surface area contributed by atoms with Crippen molar-refractivity contribution < 1.29 is 22.8 Å². The van der Waals surface area contributed by atoms with Gasteiger partial charge in [-0.3, -0.25) is 9.69 Å². The molecule has 11 heteroatoms. The molecular formula is C25H31F3N6O2. The van der Waals surface area contributed by atoms with E-state index in [4.69, 9.17) is 0 Å². The van der Waals surface area contributed by atoms with Crippen LogP contribution in [0.5, 0.6) is 0 Å². The number of hydrogen-bond acceptors (Lipinski definition) is 5. The number of likely N-dealkylation sites (tertiary alicyclic amines) is 2. The summed E-state index contributed by atoms with van der Waals surface area (Å²) < 4.78 is 42.0. The third-order valence-corrected chi connectivity index (χ3v) is 7.64. The molecule has 194 valence electrons. The number of carbonyl (C=O) groups is 2. The zero-order chi connectivity index (χ0) is 25.6. The summed E-state index contributed by atoms with van der Waals surface area (Å²) in [6, 6.07) is 4.22. The van der Waals surface area contributed by atoms with Crippen LogP contribution in [-0.2, 0) is 17.5 Å². The predicted octanol–water partition coefficient (Wildman–Crippen LogP) is 3.52. The molecule has 3 aliphatic rings. The molecule has 5 rings (SSSR count). The molecule has 3 aliphatic heterocycles. The quantitative estimate of drug-likeness (QED) is 0.638. The van der Waals surface area contributed by atoms with Crippen LogP contribution in [0.15, 0.2) is 30.6 Å². The molecule has 0 saturated carbocycles. The first kappa shape index (κ1) is 24.6. The van der Waals surface area contributed by atoms with Gasteiger partial charge in [0.15, 0.2) is 0 Å². The minimum atomic E-state index is -4.38. The van der Waals surface area contributed by atoms with E-state index in [2.05, 4.69) is 10.00 Å². The SMILES string of the molecule is CC(=O)N(C)c1cnn(C(=O)N2CC3CN(Cc4cc(N5CCCC5)cc(C(F)(F)F)c4)CC3C2)c1. The molecule has 0 radical (unpaired) electrons. The Bertz CT molecular complexity index is 1130. The number of carbonyl (C=O) groups excluding carboxylic acids is 2. The number of nitrogens with zero attached hydrogens (tertiary/aromatic N) is 6. The van der Waals surface area contributed by atoms with Crippen LogP contribution in [0.3, 0.4) is 0 Å². The Labute approximate surface area is 208 Å². The second-order valence-corrected chi connectivity index (χ2v) is 10.2. The van der Waals surface area contributed by atoms with E-state index >= 15 is 0 Å². The fourth-order valence-electron chi connectivity index (χ4n) is 5.64. The highest BCUT2D eigenvalue weighted by Crippen LogP contribution is 2.36. The van der Waals surface area contributed by atoms with Crippen molar-refractivity contribution in [3.05, 3.63) is 41.7 Å². The van der Waals surface area contributed by atoms with Crippen LogP contribution >= 0.6 is 0 Å². The summed E-state index contributed by atoms with van der Waals surface area (Å²) in [5.74, 6) is 0.395. The predicted molar refractivity (Wildman–Crippen MR) is 129 cm³/mol. The maximum absolute atomic E-state index is 13.6. The Morgan fingerprint density at radius 2 is 1.72 bits per heavy atom. The summed E-state index contributed by atoms with van der Waals surface area (Å²) in [6.45, 7) is 6.13. The number of aromatic nitrogens is 2. The maximum Gasteiger partial charge on any atom is 0.416 e. The third kappa shape index (κ3) is 4.93. The Kier molecular flexibility index (Phi) is 6.44. The molecule has 2 aromatic rings. The van der Waals surface area contributed by atoms with Gasteiger partial charge < -0.3 is 14.7 Å². The van der Waals surface area contributed by atoms with Crippen molar-refractivity contribution in [1.82, 2.24) is 19.6 Å². The van der Waals surface area contributed by atoms with Gasteiger partial charge in [0.05, 0.1) is 23.6 Å². The molecule has 8 nitrogen and oxygen atoms in total. The molecule has 3 saturated heterocycles. The van der Waals surface area contributed by atoms with E-state index in [-0.39, 0.29) is 23.8 Å². The highest BCUT2D eigenvalue weighted by Gasteiger charge is 2.42. The van der Waals surface area contributed by atoms with Gasteiger partial charge >= 0.3 is 12.2 Å². The first-order valence-electron chi connectivity index (χ1n) is 12.3. The first-order chi connectivity index (χ1) is 17.1. The molecule has 1 aromatic carbocycles. The average molecular weight is 505 g/mol. The zero-order valence-corrected chi connectivity index (χ0v) is 20.5. The Morgan fingerprint density at radius 3 is 2.33 bits per heavy atom. The van der Waals surface area contributed by atoms with Crippen molar-refractivity contribution in [3.63, 3.8) is 0 Å². The lowest BCUT2D eigenvalue weighted by Gasteiger charge is -2.24. The summed E-state index contributed by atoms with van der Waals surface area (Å²) in [5, 5.41) is 4.12. The van der Waals surface area contributed by atoms with Crippen molar-refractivity contribution in [2.45, 2.75) is 32.5 Å². The van der Waals surface area contributed by atoms with Crippen molar-refractivity contribution in [1.29, 1.82) is 0 Å². The van der Waals surface area contributed by atoms with Gasteiger partial charge in [0.1, 0.15) is 0 Å². The molecule has 2 amide bonds. The lowest BCUT2D eigenvalue weighted by Crippen LogP contribution is -2.36. The monoisotopic (exact) mass is 504 g/mol. The highest BCUT2D eigenvalue weighted by molar-refractivity contribution is 5.91. The number of alkyl halides is 3. The van der Waals surface area contributed by atoms with Gasteiger partial charge in [-0.2, -0.15) is 23.0 Å². The van der Waals surface area contributed by atoms with Crippen LogP contribution in [0.4, 0.5) is 29.3 Å². The van der Waals surface area contributed by atoms with Gasteiger partial charge in [-0.15, -0.1) is 0 Å². The summed E-state index contributed by atoms with van der Waals surface area (Å²) in [4.78, 5) is 31.9. The topological polar surface area (TPSA) is 64.9 Å². The number of hydrogen-bond donors (Lipinski definition) is 0. The van der Waals surface area contributed by atoms with E-state index in [1.165, 1.54) is 34.8 Å². The molecule has 3 fully saturated rings. The fourth-order valence-corrected chi connectivity index (χ4v) is 5.64. The molecule has 0 spiro atoms. The largest absolute Gasteiger partial charge is 0.416 e. The van der Waals surface area contributed by atoms with Gasteiger partial charge in [-0.1, -0.05) is 0 Å². The van der Waals surface area contributed by atoms with Crippen molar-refractivity contribution >= 4 is 23.3 Å². The number of fused-ring (bicyclic) bond motifs is 1. The van der Waals surface area contributed by atoms with E-state index in [1.807, 2.05) is 11.0 Å². The van der Waals surface area contributed by atoms with Gasteiger partial charge in [-0.25, -0.2) is 4.79 Å². The number of rotatable bonds is 4. The normalized spacial score (nSPS) is 22.4. The smallest absolute Gasteiger partial charge is 0.372 e. The van der Waals surface area contributed by atoms with E-state index in [0.29, 0.717) is 36.6 Å². The second kappa shape index (κ2) is 9.42. The number of anilines is 2. The Morgan fingerprint density at radius 1 is 1.06 bits per heavy atom. The maximum atomic E-state index is 13.6. The summed E-state index contributed by atoms with van der Waals surface area (Å²) in [7, 11) is 1.63. The van der Waals surface area contributed by atoms with Crippen LogP contribution in [0.2, 0.25) is 0 Å². The minimum Gasteiger partial charge on any atom is -0.372 e. The molecule has 4 heterocycles. The molecule has 0 N–H and O–H groups in total. The van der Waals surface area contributed by atoms with Crippen molar-refractivity contribution in [2.75, 3.05) is 56.1 Å². The summed E-state index contributed by atoms with van der Waals surface area (Å²) in [6.07, 6.45) is 0.671. The van der Waals surface area contributed by atoms with Crippen LogP contribution in [0, 0.1) is 11.8 Å². The molecule has 2 atom stereocenters. The van der Waals surface area contributed by atoms with E-state index in [0.717, 1.165) is 39.0 Å². The van der Waals surface area contributed by atoms with Crippen LogP contribution < -0.4 is 9.80 Å². The Hall–Kier alpha value is -3.08. The second-order valence-electron chi connectivity index (χ2n) is 10.2. The number of benzene rings is 1. The van der Waals surface area contributed by atoms with E-state index < -0.39 is 11.7 Å². The van der Waals surface area contributed by atoms with Crippen molar-refractivity contribution in [3.8, 4) is 0 Å². The molecule has 0 aliphatic carbocycles. The average Bonchev–Trinajstić information content (AvgIpc) is 3.61. The van der Waals surface area contributed by atoms with Crippen molar-refractivity contribution in [2.24, 2.45) is 11.8 Å². The lowest BCUT2D eigenvalue weighted by molar-refractivity contribution is -0.137. The molecule has 2 unspecified atom stereocenters. The van der Waals surface area contributed by atoms with Crippen LogP contribution in [-0.4, -0.2) is 77.8 Å². The van der Waals surface area contributed by atoms with Gasteiger partial charge in [-0.05, 0) is 48.4 Å². The zero-order valence-electron chi connectivity index (χ0n) is 20.5. The first-order valence-corrected chi connectivity index (χ1v) is 12.3. The van der Waals surface area contributed by atoms with Gasteiger partial charge in [0.2, 0.25) is 5.91 Å². The fraction of sp³-hybridized carbons (Fsp3) is 0.560. The summed E-state index contributed by atoms with van der Waals surface area (Å²) in [5.41, 5.74) is 1.30. The van der Waals surface area contributed by atoms with Gasteiger partial charge in [0.25, 0.3) is 0 Å².